The number of carbonyl (C=O) groups excluding carboxylic acids is 1. The highest BCUT2D eigenvalue weighted by Gasteiger charge is 2.37. The van der Waals surface area contributed by atoms with Crippen molar-refractivity contribution in [2.75, 3.05) is 33.3 Å². The van der Waals surface area contributed by atoms with Crippen molar-refractivity contribution in [3.8, 4) is 5.75 Å². The van der Waals surface area contributed by atoms with Crippen molar-refractivity contribution in [1.29, 1.82) is 0 Å². The van der Waals surface area contributed by atoms with Crippen LogP contribution >= 0.6 is 12.4 Å². The van der Waals surface area contributed by atoms with Crippen molar-refractivity contribution >= 4 is 18.3 Å². The second-order valence-corrected chi connectivity index (χ2v) is 6.68. The van der Waals surface area contributed by atoms with Gasteiger partial charge in [-0.05, 0) is 63.2 Å². The number of hydrogen-bond donors (Lipinski definition) is 1. The number of carbonyl (C=O) groups is 1. The Balaban J connectivity index is 0.00000192. The van der Waals surface area contributed by atoms with Crippen LogP contribution in [-0.4, -0.2) is 44.1 Å². The number of amides is 1. The molecule has 1 amide bonds. The number of likely N-dealkylation sites (tertiary alicyclic amines) is 1. The molecule has 2 aliphatic heterocycles. The average Bonchev–Trinajstić information content (AvgIpc) is 2.56. The summed E-state index contributed by atoms with van der Waals surface area (Å²) in [5.41, 5.74) is 2.20. The van der Waals surface area contributed by atoms with Gasteiger partial charge in [0.2, 0.25) is 0 Å². The Bertz CT molecular complexity index is 546. The van der Waals surface area contributed by atoms with Gasteiger partial charge in [-0.2, -0.15) is 0 Å². The van der Waals surface area contributed by atoms with Crippen LogP contribution in [0, 0.1) is 12.3 Å². The summed E-state index contributed by atoms with van der Waals surface area (Å²) in [6, 6.07) is 5.72. The van der Waals surface area contributed by atoms with Crippen LogP contribution in [0.1, 0.15) is 41.6 Å². The molecule has 1 N–H and O–H groups in total. The third-order valence-electron chi connectivity index (χ3n) is 5.51. The first-order chi connectivity index (χ1) is 10.7. The van der Waals surface area contributed by atoms with E-state index in [9.17, 15) is 4.79 Å². The Hall–Kier alpha value is -1.26. The first kappa shape index (κ1) is 18.1. The fraction of sp³-hybridized carbons (Fsp3) is 0.611. The molecular formula is C18H27ClN2O2. The van der Waals surface area contributed by atoms with Gasteiger partial charge in [-0.15, -0.1) is 12.4 Å². The summed E-state index contributed by atoms with van der Waals surface area (Å²) < 4.78 is 5.34. The van der Waals surface area contributed by atoms with E-state index in [1.54, 1.807) is 7.11 Å². The van der Waals surface area contributed by atoms with Gasteiger partial charge in [0, 0.05) is 24.2 Å². The molecule has 23 heavy (non-hydrogen) atoms. The topological polar surface area (TPSA) is 41.6 Å². The van der Waals surface area contributed by atoms with Crippen molar-refractivity contribution in [1.82, 2.24) is 10.2 Å². The Morgan fingerprint density at radius 2 is 1.83 bits per heavy atom. The van der Waals surface area contributed by atoms with Gasteiger partial charge in [-0.1, -0.05) is 6.07 Å². The maximum Gasteiger partial charge on any atom is 0.254 e. The lowest BCUT2D eigenvalue weighted by atomic mass is 9.71. The number of rotatable bonds is 2. The standard InChI is InChI=1S/C18H26N2O2.ClH/c1-14-15(4-3-5-16(14)22-2)17(21)20-12-8-18(9-13-20)6-10-19-11-7-18;/h3-5,19H,6-13H2,1-2H3;1H. The molecule has 0 atom stereocenters. The predicted octanol–water partition coefficient (Wildman–Crippen LogP) is 3.03. The van der Waals surface area contributed by atoms with Crippen molar-refractivity contribution in [3.05, 3.63) is 29.3 Å². The van der Waals surface area contributed by atoms with Crippen LogP contribution in [0.4, 0.5) is 0 Å². The van der Waals surface area contributed by atoms with Crippen molar-refractivity contribution in [2.24, 2.45) is 5.41 Å². The van der Waals surface area contributed by atoms with Crippen LogP contribution in [0.2, 0.25) is 0 Å². The number of benzene rings is 1. The highest BCUT2D eigenvalue weighted by atomic mass is 35.5. The van der Waals surface area contributed by atoms with E-state index in [2.05, 4.69) is 5.32 Å². The fourth-order valence-electron chi connectivity index (χ4n) is 3.88. The molecule has 0 bridgehead atoms. The minimum atomic E-state index is 0. The molecule has 0 saturated carbocycles. The SMILES string of the molecule is COc1cccc(C(=O)N2CCC3(CCNCC3)CC2)c1C.Cl. The van der Waals surface area contributed by atoms with E-state index in [-0.39, 0.29) is 18.3 Å². The van der Waals surface area contributed by atoms with E-state index in [1.165, 1.54) is 12.8 Å². The third-order valence-corrected chi connectivity index (χ3v) is 5.51. The second kappa shape index (κ2) is 7.54. The van der Waals surface area contributed by atoms with Crippen molar-refractivity contribution < 1.29 is 9.53 Å². The van der Waals surface area contributed by atoms with Gasteiger partial charge in [0.05, 0.1) is 7.11 Å². The lowest BCUT2D eigenvalue weighted by Crippen LogP contribution is -2.47. The number of halogens is 1. The first-order valence-electron chi connectivity index (χ1n) is 8.29. The number of piperidine rings is 2. The molecule has 1 aromatic rings. The molecule has 1 spiro atoms. The Labute approximate surface area is 145 Å². The molecule has 2 fully saturated rings. The van der Waals surface area contributed by atoms with E-state index < -0.39 is 0 Å². The number of methoxy groups -OCH3 is 1. The predicted molar refractivity (Wildman–Crippen MR) is 94.7 cm³/mol. The van der Waals surface area contributed by atoms with E-state index in [0.29, 0.717) is 5.41 Å². The summed E-state index contributed by atoms with van der Waals surface area (Å²) in [6.07, 6.45) is 4.80. The number of hydrogen-bond acceptors (Lipinski definition) is 3. The Morgan fingerprint density at radius 1 is 1.17 bits per heavy atom. The van der Waals surface area contributed by atoms with Gasteiger partial charge < -0.3 is 15.0 Å². The molecule has 0 unspecified atom stereocenters. The van der Waals surface area contributed by atoms with Crippen molar-refractivity contribution in [3.63, 3.8) is 0 Å². The van der Waals surface area contributed by atoms with Gasteiger partial charge in [-0.25, -0.2) is 0 Å². The van der Waals surface area contributed by atoms with Gasteiger partial charge in [0.1, 0.15) is 5.75 Å². The van der Waals surface area contributed by atoms with Crippen molar-refractivity contribution in [2.45, 2.75) is 32.6 Å². The molecule has 1 aromatic carbocycles. The third kappa shape index (κ3) is 3.64. The van der Waals surface area contributed by atoms with Gasteiger partial charge in [0.25, 0.3) is 5.91 Å². The minimum Gasteiger partial charge on any atom is -0.496 e. The number of ether oxygens (including phenoxy) is 1. The van der Waals surface area contributed by atoms with E-state index in [0.717, 1.165) is 55.9 Å². The monoisotopic (exact) mass is 338 g/mol. The zero-order chi connectivity index (χ0) is 15.6. The van der Waals surface area contributed by atoms with Gasteiger partial charge in [0.15, 0.2) is 0 Å². The fourth-order valence-corrected chi connectivity index (χ4v) is 3.88. The zero-order valence-corrected chi connectivity index (χ0v) is 14.9. The smallest absolute Gasteiger partial charge is 0.254 e. The molecule has 0 aromatic heterocycles. The molecule has 2 aliphatic rings. The van der Waals surface area contributed by atoms with Gasteiger partial charge >= 0.3 is 0 Å². The molecule has 2 saturated heterocycles. The number of nitrogens with zero attached hydrogens (tertiary/aromatic N) is 1. The molecule has 2 heterocycles. The molecule has 3 rings (SSSR count). The molecule has 4 nitrogen and oxygen atoms in total. The largest absolute Gasteiger partial charge is 0.496 e. The Kier molecular flexibility index (Phi) is 5.93. The van der Waals surface area contributed by atoms with E-state index in [4.69, 9.17) is 4.74 Å². The average molecular weight is 339 g/mol. The second-order valence-electron chi connectivity index (χ2n) is 6.68. The molecule has 128 valence electrons. The van der Waals surface area contributed by atoms with Crippen LogP contribution in [0.15, 0.2) is 18.2 Å². The van der Waals surface area contributed by atoms with Crippen LogP contribution in [0.25, 0.3) is 0 Å². The summed E-state index contributed by atoms with van der Waals surface area (Å²) in [7, 11) is 1.65. The van der Waals surface area contributed by atoms with E-state index in [1.807, 2.05) is 30.0 Å². The highest BCUT2D eigenvalue weighted by Crippen LogP contribution is 2.39. The zero-order valence-electron chi connectivity index (χ0n) is 14.1. The maximum atomic E-state index is 12.8. The summed E-state index contributed by atoms with van der Waals surface area (Å²) >= 11 is 0. The molecule has 0 radical (unpaired) electrons. The van der Waals surface area contributed by atoms with Crippen LogP contribution in [-0.2, 0) is 0 Å². The number of nitrogens with one attached hydrogen (secondary N) is 1. The van der Waals surface area contributed by atoms with Crippen LogP contribution in [0.5, 0.6) is 5.75 Å². The summed E-state index contributed by atoms with van der Waals surface area (Å²) in [5.74, 6) is 0.942. The highest BCUT2D eigenvalue weighted by molar-refractivity contribution is 5.96. The molecule has 5 heteroatoms. The van der Waals surface area contributed by atoms with E-state index >= 15 is 0 Å². The lowest BCUT2D eigenvalue weighted by molar-refractivity contribution is 0.0495. The Morgan fingerprint density at radius 3 is 2.43 bits per heavy atom. The molecule has 0 aliphatic carbocycles. The first-order valence-corrected chi connectivity index (χ1v) is 8.29. The minimum absolute atomic E-state index is 0. The van der Waals surface area contributed by atoms with Crippen LogP contribution in [0.3, 0.4) is 0 Å². The summed E-state index contributed by atoms with van der Waals surface area (Å²) in [4.78, 5) is 14.8. The summed E-state index contributed by atoms with van der Waals surface area (Å²) in [5, 5.41) is 3.44. The summed E-state index contributed by atoms with van der Waals surface area (Å²) in [6.45, 7) is 5.99. The maximum absolute atomic E-state index is 12.8. The van der Waals surface area contributed by atoms with Gasteiger partial charge in [-0.3, -0.25) is 4.79 Å². The quantitative estimate of drug-likeness (QED) is 0.901. The normalized spacial score (nSPS) is 20.0. The van der Waals surface area contributed by atoms with Crippen LogP contribution < -0.4 is 10.1 Å². The lowest BCUT2D eigenvalue weighted by Gasteiger charge is -2.44. The molecular weight excluding hydrogens is 312 g/mol.